The molecule has 2 heterocycles. The van der Waals surface area contributed by atoms with Gasteiger partial charge in [-0.05, 0) is 59.0 Å². The highest BCUT2D eigenvalue weighted by Gasteiger charge is 2.34. The van der Waals surface area contributed by atoms with E-state index in [1.54, 1.807) is 0 Å². The minimum atomic E-state index is -4.13. The summed E-state index contributed by atoms with van der Waals surface area (Å²) in [6.07, 6.45) is 2.72. The topological polar surface area (TPSA) is 42.9 Å². The van der Waals surface area contributed by atoms with E-state index in [0.29, 0.717) is 25.6 Å². The molecule has 9 heteroatoms. The van der Waals surface area contributed by atoms with Crippen LogP contribution in [0.25, 0.3) is 0 Å². The van der Waals surface area contributed by atoms with E-state index in [-0.39, 0.29) is 30.0 Å². The number of unbranched alkanes of at least 4 members (excludes halogenated alkanes) is 1. The number of hydrogen-bond acceptors (Lipinski definition) is 3. The highest BCUT2D eigenvalue weighted by molar-refractivity contribution is 14.0. The Morgan fingerprint density at radius 1 is 1.14 bits per heavy atom. The first kappa shape index (κ1) is 25.7. The number of piperidine rings is 1. The molecule has 0 saturated carbocycles. The van der Waals surface area contributed by atoms with Crippen LogP contribution in [0.1, 0.15) is 52.4 Å². The second-order valence-corrected chi connectivity index (χ2v) is 7.83. The molecule has 2 rings (SSSR count). The smallest absolute Gasteiger partial charge is 0.357 e. The van der Waals surface area contributed by atoms with Crippen LogP contribution in [0.2, 0.25) is 0 Å². The van der Waals surface area contributed by atoms with Crippen LogP contribution in [0.5, 0.6) is 0 Å². The van der Waals surface area contributed by atoms with Gasteiger partial charge >= 0.3 is 6.18 Å². The normalized spacial score (nSPS) is 24.8. The third kappa shape index (κ3) is 9.96. The third-order valence-electron chi connectivity index (χ3n) is 5.42. The third-order valence-corrected chi connectivity index (χ3v) is 5.42. The Labute approximate surface area is 184 Å². The number of hydrogen-bond donors (Lipinski definition) is 2. The van der Waals surface area contributed by atoms with Gasteiger partial charge in [-0.15, -0.1) is 24.0 Å². The molecular weight excluding hydrogens is 482 g/mol. The number of nitrogens with one attached hydrogen (secondary N) is 2. The lowest BCUT2D eigenvalue weighted by Crippen LogP contribution is -2.45. The van der Waals surface area contributed by atoms with Crippen molar-refractivity contribution in [2.24, 2.45) is 4.99 Å². The van der Waals surface area contributed by atoms with Crippen LogP contribution < -0.4 is 10.6 Å². The minimum absolute atomic E-state index is 0. The zero-order valence-corrected chi connectivity index (χ0v) is 19.6. The van der Waals surface area contributed by atoms with Crippen LogP contribution in [-0.2, 0) is 0 Å². The van der Waals surface area contributed by atoms with Gasteiger partial charge in [0.05, 0.1) is 6.54 Å². The molecule has 0 amide bonds. The summed E-state index contributed by atoms with van der Waals surface area (Å²) in [5.74, 6) is 0.725. The number of guanidine groups is 1. The monoisotopic (exact) mass is 519 g/mol. The lowest BCUT2D eigenvalue weighted by Gasteiger charge is -2.33. The second-order valence-electron chi connectivity index (χ2n) is 7.83. The summed E-state index contributed by atoms with van der Waals surface area (Å²) in [4.78, 5) is 8.65. The molecule has 166 valence electrons. The average Bonchev–Trinajstić information content (AvgIpc) is 3.01. The van der Waals surface area contributed by atoms with Gasteiger partial charge in [0.2, 0.25) is 0 Å². The Hall–Kier alpha value is -0.290. The first-order valence-electron chi connectivity index (χ1n) is 10.5. The summed E-state index contributed by atoms with van der Waals surface area (Å²) in [5, 5.41) is 6.51. The van der Waals surface area contributed by atoms with Gasteiger partial charge in [0.25, 0.3) is 0 Å². The molecule has 0 aromatic heterocycles. The van der Waals surface area contributed by atoms with Crippen molar-refractivity contribution < 1.29 is 13.2 Å². The van der Waals surface area contributed by atoms with Crippen LogP contribution in [0.3, 0.4) is 0 Å². The number of alkyl halides is 3. The molecule has 0 aliphatic carbocycles. The van der Waals surface area contributed by atoms with E-state index in [2.05, 4.69) is 27.4 Å². The van der Waals surface area contributed by atoms with Gasteiger partial charge in [0, 0.05) is 38.3 Å². The van der Waals surface area contributed by atoms with Crippen LogP contribution in [0.15, 0.2) is 4.99 Å². The summed E-state index contributed by atoms with van der Waals surface area (Å²) in [6, 6.07) is 0.725. The number of rotatable bonds is 8. The molecule has 28 heavy (non-hydrogen) atoms. The molecule has 2 atom stereocenters. The second kappa shape index (κ2) is 13.1. The van der Waals surface area contributed by atoms with E-state index in [1.807, 2.05) is 6.92 Å². The SMILES string of the molecule is CCNC(=NCCCCN1CCCCC1C)NC1CCN(CC(F)(F)F)C1.I. The van der Waals surface area contributed by atoms with Gasteiger partial charge in [-0.1, -0.05) is 6.42 Å². The first-order valence-corrected chi connectivity index (χ1v) is 10.5. The first-order chi connectivity index (χ1) is 12.9. The summed E-state index contributed by atoms with van der Waals surface area (Å²) in [6.45, 7) is 8.22. The lowest BCUT2D eigenvalue weighted by atomic mass is 10.0. The molecule has 2 unspecified atom stereocenters. The molecule has 5 nitrogen and oxygen atoms in total. The van der Waals surface area contributed by atoms with E-state index in [4.69, 9.17) is 0 Å². The fourth-order valence-electron chi connectivity index (χ4n) is 3.97. The average molecular weight is 519 g/mol. The van der Waals surface area contributed by atoms with Crippen LogP contribution in [0, 0.1) is 0 Å². The summed E-state index contributed by atoms with van der Waals surface area (Å²) in [7, 11) is 0. The Morgan fingerprint density at radius 3 is 2.61 bits per heavy atom. The molecule has 2 fully saturated rings. The van der Waals surface area contributed by atoms with Crippen molar-refractivity contribution in [3.05, 3.63) is 0 Å². The number of aliphatic imine (C=N–C) groups is 1. The number of halogens is 4. The van der Waals surface area contributed by atoms with Crippen molar-refractivity contribution in [3.8, 4) is 0 Å². The Balaban J connectivity index is 0.00000392. The van der Waals surface area contributed by atoms with Crippen LogP contribution in [-0.4, -0.2) is 79.8 Å². The van der Waals surface area contributed by atoms with Gasteiger partial charge in [-0.2, -0.15) is 13.2 Å². The predicted molar refractivity (Wildman–Crippen MR) is 120 cm³/mol. The highest BCUT2D eigenvalue weighted by atomic mass is 127. The maximum absolute atomic E-state index is 12.5. The molecule has 0 radical (unpaired) electrons. The number of likely N-dealkylation sites (tertiary alicyclic amines) is 2. The summed E-state index contributed by atoms with van der Waals surface area (Å²) < 4.78 is 37.5. The van der Waals surface area contributed by atoms with E-state index in [9.17, 15) is 13.2 Å². The zero-order chi connectivity index (χ0) is 19.7. The fourth-order valence-corrected chi connectivity index (χ4v) is 3.97. The van der Waals surface area contributed by atoms with Crippen molar-refractivity contribution in [2.45, 2.75) is 70.6 Å². The van der Waals surface area contributed by atoms with E-state index < -0.39 is 12.7 Å². The van der Waals surface area contributed by atoms with Gasteiger partial charge in [0.1, 0.15) is 0 Å². The van der Waals surface area contributed by atoms with Crippen LogP contribution in [0.4, 0.5) is 13.2 Å². The quantitative estimate of drug-likeness (QED) is 0.223. The zero-order valence-electron chi connectivity index (χ0n) is 17.2. The molecule has 2 N–H and O–H groups in total. The Kier molecular flexibility index (Phi) is 12.0. The van der Waals surface area contributed by atoms with Gasteiger partial charge in [-0.25, -0.2) is 0 Å². The van der Waals surface area contributed by atoms with Gasteiger partial charge < -0.3 is 15.5 Å². The standard InChI is InChI=1S/C19H36F3N5.HI/c1-3-23-18(25-17-9-13-26(14-17)15-19(20,21)22)24-10-5-7-12-27-11-6-4-8-16(27)2;/h16-17H,3-15H2,1-2H3,(H2,23,24,25);1H. The highest BCUT2D eigenvalue weighted by Crippen LogP contribution is 2.20. The van der Waals surface area contributed by atoms with Crippen LogP contribution >= 0.6 is 24.0 Å². The molecule has 2 aliphatic heterocycles. The summed E-state index contributed by atoms with van der Waals surface area (Å²) in [5.41, 5.74) is 0. The molecule has 0 aromatic rings. The fraction of sp³-hybridized carbons (Fsp3) is 0.947. The molecule has 0 bridgehead atoms. The minimum Gasteiger partial charge on any atom is -0.357 e. The molecule has 0 spiro atoms. The maximum Gasteiger partial charge on any atom is 0.401 e. The van der Waals surface area contributed by atoms with E-state index >= 15 is 0 Å². The summed E-state index contributed by atoms with van der Waals surface area (Å²) >= 11 is 0. The van der Waals surface area contributed by atoms with Crippen molar-refractivity contribution in [1.29, 1.82) is 0 Å². The van der Waals surface area contributed by atoms with Crippen molar-refractivity contribution >= 4 is 29.9 Å². The molecule has 0 aromatic carbocycles. The lowest BCUT2D eigenvalue weighted by molar-refractivity contribution is -0.143. The van der Waals surface area contributed by atoms with Gasteiger partial charge in [0.15, 0.2) is 5.96 Å². The Bertz CT molecular complexity index is 461. The van der Waals surface area contributed by atoms with E-state index in [0.717, 1.165) is 38.4 Å². The maximum atomic E-state index is 12.5. The van der Waals surface area contributed by atoms with Crippen molar-refractivity contribution in [1.82, 2.24) is 20.4 Å². The molecular formula is C19H37F3IN5. The number of nitrogens with zero attached hydrogens (tertiary/aromatic N) is 3. The van der Waals surface area contributed by atoms with Gasteiger partial charge in [-0.3, -0.25) is 9.89 Å². The molecule has 2 saturated heterocycles. The van der Waals surface area contributed by atoms with E-state index in [1.165, 1.54) is 30.7 Å². The van der Waals surface area contributed by atoms with Crippen molar-refractivity contribution in [2.75, 3.05) is 45.8 Å². The van der Waals surface area contributed by atoms with Crippen molar-refractivity contribution in [3.63, 3.8) is 0 Å². The molecule has 2 aliphatic rings. The predicted octanol–water partition coefficient (Wildman–Crippen LogP) is 3.45. The largest absolute Gasteiger partial charge is 0.401 e. The Morgan fingerprint density at radius 2 is 1.93 bits per heavy atom.